The molecule has 1 heterocycles. The molecule has 82 valence electrons. The molecule has 0 spiro atoms. The molecule has 0 aliphatic rings. The molecule has 2 rings (SSSR count). The summed E-state index contributed by atoms with van der Waals surface area (Å²) in [5.74, 6) is -1.25. The van der Waals surface area contributed by atoms with Gasteiger partial charge in [0.15, 0.2) is 0 Å². The highest BCUT2D eigenvalue weighted by atomic mass is 127. The molecular weight excluding hydrogens is 346 g/mol. The van der Waals surface area contributed by atoms with E-state index in [2.05, 4.69) is 4.98 Å². The zero-order chi connectivity index (χ0) is 11.7. The van der Waals surface area contributed by atoms with E-state index in [4.69, 9.17) is 11.6 Å². The van der Waals surface area contributed by atoms with Crippen molar-refractivity contribution in [2.45, 2.75) is 0 Å². The molecule has 0 bridgehead atoms. The number of benzene rings is 1. The van der Waals surface area contributed by atoms with Gasteiger partial charge in [-0.25, -0.2) is 13.8 Å². The number of rotatable bonds is 1. The highest BCUT2D eigenvalue weighted by Crippen LogP contribution is 2.30. The first-order valence-corrected chi connectivity index (χ1v) is 5.80. The van der Waals surface area contributed by atoms with Gasteiger partial charge in [-0.05, 0) is 40.8 Å². The molecular formula is C11H5ClF2IN. The number of pyridine rings is 1. The van der Waals surface area contributed by atoms with Crippen LogP contribution in [0.25, 0.3) is 11.1 Å². The molecule has 0 radical (unpaired) electrons. The highest BCUT2D eigenvalue weighted by Gasteiger charge is 2.14. The first-order chi connectivity index (χ1) is 7.59. The fourth-order valence-electron chi connectivity index (χ4n) is 1.35. The maximum atomic E-state index is 13.5. The summed E-state index contributed by atoms with van der Waals surface area (Å²) in [7, 11) is 0. The second kappa shape index (κ2) is 4.63. The minimum atomic E-state index is -0.623. The Morgan fingerprint density at radius 1 is 1.19 bits per heavy atom. The lowest BCUT2D eigenvalue weighted by molar-refractivity contribution is 0.589. The van der Waals surface area contributed by atoms with Crippen LogP contribution in [0.1, 0.15) is 0 Å². The Labute approximate surface area is 110 Å². The van der Waals surface area contributed by atoms with Crippen molar-refractivity contribution in [2.24, 2.45) is 0 Å². The summed E-state index contributed by atoms with van der Waals surface area (Å²) < 4.78 is 27.6. The van der Waals surface area contributed by atoms with Gasteiger partial charge in [-0.2, -0.15) is 0 Å². The van der Waals surface area contributed by atoms with Crippen LogP contribution in [0, 0.1) is 15.3 Å². The second-order valence-corrected chi connectivity index (χ2v) is 4.55. The van der Waals surface area contributed by atoms with E-state index in [0.717, 1.165) is 0 Å². The zero-order valence-electron chi connectivity index (χ0n) is 7.85. The van der Waals surface area contributed by atoms with Crippen molar-refractivity contribution in [2.75, 3.05) is 0 Å². The van der Waals surface area contributed by atoms with E-state index in [0.29, 0.717) is 14.3 Å². The Morgan fingerprint density at radius 2 is 1.81 bits per heavy atom. The number of hydrogen-bond donors (Lipinski definition) is 0. The van der Waals surface area contributed by atoms with Crippen molar-refractivity contribution in [3.8, 4) is 11.1 Å². The van der Waals surface area contributed by atoms with Gasteiger partial charge in [-0.3, -0.25) is 0 Å². The van der Waals surface area contributed by atoms with E-state index in [1.165, 1.54) is 30.5 Å². The SMILES string of the molecule is Fc1cccc(F)c1-c1cc(Cl)cnc1I. The summed E-state index contributed by atoms with van der Waals surface area (Å²) in [6.45, 7) is 0. The Kier molecular flexibility index (Phi) is 3.39. The Bertz CT molecular complexity index is 525. The molecule has 0 aliphatic heterocycles. The van der Waals surface area contributed by atoms with E-state index in [1.54, 1.807) is 0 Å². The summed E-state index contributed by atoms with van der Waals surface area (Å²) in [5, 5.41) is 0.345. The fourth-order valence-corrected chi connectivity index (χ4v) is 2.08. The van der Waals surface area contributed by atoms with Gasteiger partial charge in [0, 0.05) is 11.8 Å². The number of halogens is 4. The molecule has 0 amide bonds. The molecule has 2 aromatic rings. The molecule has 16 heavy (non-hydrogen) atoms. The first-order valence-electron chi connectivity index (χ1n) is 4.35. The van der Waals surface area contributed by atoms with E-state index >= 15 is 0 Å². The molecule has 0 saturated carbocycles. The van der Waals surface area contributed by atoms with E-state index in [-0.39, 0.29) is 5.56 Å². The van der Waals surface area contributed by atoms with Gasteiger partial charge < -0.3 is 0 Å². The topological polar surface area (TPSA) is 12.9 Å². The molecule has 0 unspecified atom stereocenters. The van der Waals surface area contributed by atoms with Crippen LogP contribution in [0.4, 0.5) is 8.78 Å². The van der Waals surface area contributed by atoms with Crippen LogP contribution in [0.15, 0.2) is 30.5 Å². The van der Waals surface area contributed by atoms with E-state index in [9.17, 15) is 8.78 Å². The van der Waals surface area contributed by atoms with Crippen LogP contribution in [-0.4, -0.2) is 4.98 Å². The predicted molar refractivity (Wildman–Crippen MR) is 67.3 cm³/mol. The molecule has 1 aromatic heterocycles. The van der Waals surface area contributed by atoms with Gasteiger partial charge in [0.05, 0.1) is 10.6 Å². The lowest BCUT2D eigenvalue weighted by atomic mass is 10.1. The molecule has 0 saturated heterocycles. The van der Waals surface area contributed by atoms with Crippen LogP contribution in [-0.2, 0) is 0 Å². The largest absolute Gasteiger partial charge is 0.248 e. The normalized spacial score (nSPS) is 10.5. The molecule has 5 heteroatoms. The third kappa shape index (κ3) is 2.17. The monoisotopic (exact) mass is 351 g/mol. The first kappa shape index (κ1) is 11.7. The van der Waals surface area contributed by atoms with Gasteiger partial charge in [0.1, 0.15) is 15.3 Å². The number of aromatic nitrogens is 1. The third-order valence-electron chi connectivity index (χ3n) is 2.04. The number of nitrogens with zero attached hydrogens (tertiary/aromatic N) is 1. The smallest absolute Gasteiger partial charge is 0.134 e. The Morgan fingerprint density at radius 3 is 2.44 bits per heavy atom. The molecule has 0 fully saturated rings. The molecule has 1 nitrogen and oxygen atoms in total. The van der Waals surface area contributed by atoms with Gasteiger partial charge in [0.25, 0.3) is 0 Å². The van der Waals surface area contributed by atoms with Crippen molar-refractivity contribution >= 4 is 34.2 Å². The van der Waals surface area contributed by atoms with Crippen LogP contribution in [0.2, 0.25) is 5.02 Å². The summed E-state index contributed by atoms with van der Waals surface area (Å²) in [6.07, 6.45) is 1.44. The van der Waals surface area contributed by atoms with Crippen molar-refractivity contribution < 1.29 is 8.78 Å². The van der Waals surface area contributed by atoms with Gasteiger partial charge in [0.2, 0.25) is 0 Å². The average Bonchev–Trinajstić information content (AvgIpc) is 2.23. The van der Waals surface area contributed by atoms with Gasteiger partial charge in [-0.1, -0.05) is 17.7 Å². The Hall–Kier alpha value is -0.750. The highest BCUT2D eigenvalue weighted by molar-refractivity contribution is 14.1. The zero-order valence-corrected chi connectivity index (χ0v) is 10.8. The maximum Gasteiger partial charge on any atom is 0.134 e. The molecule has 1 aromatic carbocycles. The summed E-state index contributed by atoms with van der Waals surface area (Å²) in [6, 6.07) is 5.22. The maximum absolute atomic E-state index is 13.5. The fraction of sp³-hybridized carbons (Fsp3) is 0. The van der Waals surface area contributed by atoms with Crippen LogP contribution in [0.3, 0.4) is 0 Å². The third-order valence-corrected chi connectivity index (χ3v) is 3.10. The van der Waals surface area contributed by atoms with Crippen molar-refractivity contribution in [3.05, 3.63) is 50.8 Å². The Balaban J connectivity index is 2.72. The van der Waals surface area contributed by atoms with Crippen molar-refractivity contribution in [1.29, 1.82) is 0 Å². The standard InChI is InChI=1S/C11H5ClF2IN/c12-6-4-7(11(15)16-5-6)10-8(13)2-1-3-9(10)14/h1-5H. The summed E-state index contributed by atoms with van der Waals surface area (Å²) in [5.41, 5.74) is 0.269. The van der Waals surface area contributed by atoms with Crippen molar-refractivity contribution in [1.82, 2.24) is 4.98 Å². The number of hydrogen-bond acceptors (Lipinski definition) is 1. The lowest BCUT2D eigenvalue weighted by Gasteiger charge is -2.07. The van der Waals surface area contributed by atoms with Gasteiger partial charge >= 0.3 is 0 Å². The minimum Gasteiger partial charge on any atom is -0.248 e. The van der Waals surface area contributed by atoms with E-state index < -0.39 is 11.6 Å². The van der Waals surface area contributed by atoms with Crippen molar-refractivity contribution in [3.63, 3.8) is 0 Å². The van der Waals surface area contributed by atoms with E-state index in [1.807, 2.05) is 22.6 Å². The lowest BCUT2D eigenvalue weighted by Crippen LogP contribution is -1.94. The quantitative estimate of drug-likeness (QED) is 0.552. The predicted octanol–water partition coefficient (Wildman–Crippen LogP) is 4.28. The van der Waals surface area contributed by atoms with Crippen LogP contribution in [0.5, 0.6) is 0 Å². The molecule has 0 N–H and O–H groups in total. The van der Waals surface area contributed by atoms with Gasteiger partial charge in [-0.15, -0.1) is 0 Å². The molecule has 0 atom stereocenters. The molecule has 0 aliphatic carbocycles. The van der Waals surface area contributed by atoms with Crippen LogP contribution < -0.4 is 0 Å². The second-order valence-electron chi connectivity index (χ2n) is 3.09. The summed E-state index contributed by atoms with van der Waals surface area (Å²) in [4.78, 5) is 3.96. The van der Waals surface area contributed by atoms with Crippen LogP contribution >= 0.6 is 34.2 Å². The average molecular weight is 352 g/mol. The minimum absolute atomic E-state index is 0.0955. The summed E-state index contributed by atoms with van der Waals surface area (Å²) >= 11 is 7.67.